The summed E-state index contributed by atoms with van der Waals surface area (Å²) < 4.78 is 2.20. The number of hydrogen-bond donors (Lipinski definition) is 0. The predicted octanol–water partition coefficient (Wildman–Crippen LogP) is 2.82. The molecule has 5 nitrogen and oxygen atoms in total. The molecule has 2 saturated heterocycles. The summed E-state index contributed by atoms with van der Waals surface area (Å²) in [7, 11) is 2.10. The van der Waals surface area contributed by atoms with E-state index in [1.165, 1.54) is 5.52 Å². The second kappa shape index (κ2) is 6.15. The molecular formula is C21H26N4O. The zero-order chi connectivity index (χ0) is 17.7. The van der Waals surface area contributed by atoms with Gasteiger partial charge in [-0.15, -0.1) is 0 Å². The van der Waals surface area contributed by atoms with Gasteiger partial charge in [0.05, 0.1) is 11.0 Å². The van der Waals surface area contributed by atoms with Gasteiger partial charge in [0.2, 0.25) is 11.9 Å². The first kappa shape index (κ1) is 15.9. The maximum Gasteiger partial charge on any atom is 0.226 e. The van der Waals surface area contributed by atoms with Crippen molar-refractivity contribution in [1.82, 2.24) is 14.5 Å². The second-order valence-corrected chi connectivity index (χ2v) is 8.11. The first-order valence-electron chi connectivity index (χ1n) is 9.81. The summed E-state index contributed by atoms with van der Waals surface area (Å²) in [5.74, 6) is 2.83. The smallest absolute Gasteiger partial charge is 0.226 e. The maximum absolute atomic E-state index is 12.8. The number of amides is 1. The Hall–Kier alpha value is -2.30. The van der Waals surface area contributed by atoms with Gasteiger partial charge in [-0.05, 0) is 31.4 Å². The Balaban J connectivity index is 1.28. The van der Waals surface area contributed by atoms with Crippen LogP contribution < -0.4 is 4.90 Å². The quantitative estimate of drug-likeness (QED) is 0.782. The number of hydrogen-bond acceptors (Lipinski definition) is 3. The molecule has 1 aliphatic carbocycles. The van der Waals surface area contributed by atoms with Gasteiger partial charge in [0.25, 0.3) is 0 Å². The van der Waals surface area contributed by atoms with Crippen molar-refractivity contribution in [2.24, 2.45) is 24.8 Å². The zero-order valence-electron chi connectivity index (χ0n) is 15.3. The lowest BCUT2D eigenvalue weighted by Gasteiger charge is -2.26. The number of carbonyl (C=O) groups is 1. The molecule has 2 aromatic rings. The number of imidazole rings is 1. The molecule has 0 bridgehead atoms. The number of anilines is 1. The molecule has 0 N–H and O–H groups in total. The standard InChI is InChI=1S/C21H26N4O/c1-23-19-10-6-5-9-18(19)22-21(23)25-13-16-11-24(12-17(16)14-25)20(26)15-7-3-2-4-8-15/h2-3,5-6,9-10,15-17H,4,7-8,11-14H2,1H3. The van der Waals surface area contributed by atoms with Gasteiger partial charge in [-0.2, -0.15) is 0 Å². The predicted molar refractivity (Wildman–Crippen MR) is 103 cm³/mol. The van der Waals surface area contributed by atoms with Crippen molar-refractivity contribution in [1.29, 1.82) is 0 Å². The summed E-state index contributed by atoms with van der Waals surface area (Å²) in [4.78, 5) is 22.2. The van der Waals surface area contributed by atoms with E-state index in [2.05, 4.69) is 51.8 Å². The zero-order valence-corrected chi connectivity index (χ0v) is 15.3. The van der Waals surface area contributed by atoms with Crippen LogP contribution in [0.2, 0.25) is 0 Å². The number of rotatable bonds is 2. The van der Waals surface area contributed by atoms with Crippen LogP contribution in [-0.2, 0) is 11.8 Å². The Morgan fingerprint density at radius 1 is 1.08 bits per heavy atom. The van der Waals surface area contributed by atoms with Crippen molar-refractivity contribution in [2.45, 2.75) is 19.3 Å². The molecular weight excluding hydrogens is 324 g/mol. The Morgan fingerprint density at radius 3 is 2.54 bits per heavy atom. The van der Waals surface area contributed by atoms with Crippen LogP contribution in [0.15, 0.2) is 36.4 Å². The minimum atomic E-state index is 0.217. The van der Waals surface area contributed by atoms with E-state index in [1.807, 2.05) is 6.07 Å². The Morgan fingerprint density at radius 2 is 1.85 bits per heavy atom. The molecule has 2 fully saturated rings. The normalized spacial score (nSPS) is 28.1. The molecule has 3 unspecified atom stereocenters. The van der Waals surface area contributed by atoms with Crippen LogP contribution in [0.3, 0.4) is 0 Å². The van der Waals surface area contributed by atoms with E-state index < -0.39 is 0 Å². The van der Waals surface area contributed by atoms with Crippen molar-refractivity contribution < 1.29 is 4.79 Å². The molecule has 5 rings (SSSR count). The van der Waals surface area contributed by atoms with Gasteiger partial charge >= 0.3 is 0 Å². The molecule has 1 aromatic carbocycles. The number of fused-ring (bicyclic) bond motifs is 2. The van der Waals surface area contributed by atoms with Crippen molar-refractivity contribution in [3.05, 3.63) is 36.4 Å². The van der Waals surface area contributed by atoms with Crippen molar-refractivity contribution in [3.63, 3.8) is 0 Å². The molecule has 1 aromatic heterocycles. The minimum absolute atomic E-state index is 0.217. The number of likely N-dealkylation sites (tertiary alicyclic amines) is 1. The van der Waals surface area contributed by atoms with Gasteiger partial charge in [-0.1, -0.05) is 24.3 Å². The van der Waals surface area contributed by atoms with Gasteiger partial charge in [-0.25, -0.2) is 4.98 Å². The van der Waals surface area contributed by atoms with Crippen LogP contribution >= 0.6 is 0 Å². The fourth-order valence-electron chi connectivity index (χ4n) is 5.03. The SMILES string of the molecule is Cn1c(N2CC3CN(C(=O)C4CC=CCC4)CC3C2)nc2ccccc21. The number of nitrogens with zero attached hydrogens (tertiary/aromatic N) is 4. The van der Waals surface area contributed by atoms with E-state index in [9.17, 15) is 4.79 Å². The average molecular weight is 350 g/mol. The van der Waals surface area contributed by atoms with Crippen LogP contribution in [0.4, 0.5) is 5.95 Å². The van der Waals surface area contributed by atoms with E-state index >= 15 is 0 Å². The molecule has 0 radical (unpaired) electrons. The number of allylic oxidation sites excluding steroid dienone is 2. The number of carbonyl (C=O) groups excluding carboxylic acids is 1. The fraction of sp³-hybridized carbons (Fsp3) is 0.524. The first-order valence-corrected chi connectivity index (χ1v) is 9.81. The van der Waals surface area contributed by atoms with Crippen molar-refractivity contribution in [3.8, 4) is 0 Å². The molecule has 26 heavy (non-hydrogen) atoms. The highest BCUT2D eigenvalue weighted by Crippen LogP contribution is 2.35. The minimum Gasteiger partial charge on any atom is -0.342 e. The highest BCUT2D eigenvalue weighted by Gasteiger charge is 2.43. The van der Waals surface area contributed by atoms with E-state index in [1.54, 1.807) is 0 Å². The third kappa shape index (κ3) is 2.52. The van der Waals surface area contributed by atoms with Gasteiger partial charge in [0, 0.05) is 51.0 Å². The first-order chi connectivity index (χ1) is 12.7. The molecule has 5 heteroatoms. The number of aryl methyl sites for hydroxylation is 1. The molecule has 1 amide bonds. The van der Waals surface area contributed by atoms with Crippen LogP contribution in [0.5, 0.6) is 0 Å². The summed E-state index contributed by atoms with van der Waals surface area (Å²) in [6, 6.07) is 8.31. The summed E-state index contributed by atoms with van der Waals surface area (Å²) >= 11 is 0. The number of benzene rings is 1. The molecule has 0 saturated carbocycles. The molecule has 3 atom stereocenters. The van der Waals surface area contributed by atoms with E-state index in [0.717, 1.165) is 56.9 Å². The van der Waals surface area contributed by atoms with Gasteiger partial charge < -0.3 is 14.4 Å². The summed E-state index contributed by atoms with van der Waals surface area (Å²) in [6.45, 7) is 3.86. The van der Waals surface area contributed by atoms with Crippen LogP contribution in [0.1, 0.15) is 19.3 Å². The Kier molecular flexibility index (Phi) is 3.76. The van der Waals surface area contributed by atoms with E-state index in [0.29, 0.717) is 17.7 Å². The monoisotopic (exact) mass is 350 g/mol. The van der Waals surface area contributed by atoms with Gasteiger partial charge in [-0.3, -0.25) is 4.79 Å². The highest BCUT2D eigenvalue weighted by molar-refractivity contribution is 5.80. The van der Waals surface area contributed by atoms with Gasteiger partial charge in [0.1, 0.15) is 0 Å². The fourth-order valence-corrected chi connectivity index (χ4v) is 5.03. The van der Waals surface area contributed by atoms with Gasteiger partial charge in [0.15, 0.2) is 0 Å². The maximum atomic E-state index is 12.8. The number of aromatic nitrogens is 2. The largest absolute Gasteiger partial charge is 0.342 e. The second-order valence-electron chi connectivity index (χ2n) is 8.11. The highest BCUT2D eigenvalue weighted by atomic mass is 16.2. The van der Waals surface area contributed by atoms with Crippen molar-refractivity contribution >= 4 is 22.9 Å². The van der Waals surface area contributed by atoms with Crippen molar-refractivity contribution in [2.75, 3.05) is 31.1 Å². The van der Waals surface area contributed by atoms with Crippen LogP contribution in [0, 0.1) is 17.8 Å². The summed E-state index contributed by atoms with van der Waals surface area (Å²) in [6.07, 6.45) is 7.38. The van der Waals surface area contributed by atoms with E-state index in [-0.39, 0.29) is 5.92 Å². The summed E-state index contributed by atoms with van der Waals surface area (Å²) in [5, 5.41) is 0. The Labute approximate surface area is 154 Å². The number of para-hydroxylation sites is 2. The summed E-state index contributed by atoms with van der Waals surface area (Å²) in [5.41, 5.74) is 2.24. The molecule has 3 aliphatic rings. The van der Waals surface area contributed by atoms with E-state index in [4.69, 9.17) is 4.98 Å². The molecule has 3 heterocycles. The average Bonchev–Trinajstić information content (AvgIpc) is 3.33. The lowest BCUT2D eigenvalue weighted by Crippen LogP contribution is -2.37. The lowest BCUT2D eigenvalue weighted by molar-refractivity contribution is -0.135. The molecule has 2 aliphatic heterocycles. The third-order valence-corrected chi connectivity index (χ3v) is 6.46. The Bertz CT molecular complexity index is 856. The topological polar surface area (TPSA) is 41.4 Å². The third-order valence-electron chi connectivity index (χ3n) is 6.46. The molecule has 0 spiro atoms. The van der Waals surface area contributed by atoms with Crippen LogP contribution in [0.25, 0.3) is 11.0 Å². The molecule has 136 valence electrons. The van der Waals surface area contributed by atoms with Crippen LogP contribution in [-0.4, -0.2) is 46.5 Å². The lowest BCUT2D eigenvalue weighted by atomic mass is 9.93.